The van der Waals surface area contributed by atoms with Crippen LogP contribution in [0.1, 0.15) is 10.4 Å². The van der Waals surface area contributed by atoms with E-state index < -0.39 is 5.97 Å². The molecule has 7 heteroatoms. The molecule has 0 atom stereocenters. The molecule has 0 aliphatic heterocycles. The number of hydrogen-bond acceptors (Lipinski definition) is 4. The topological polar surface area (TPSA) is 75.4 Å². The molecule has 1 heterocycles. The fourth-order valence-electron chi connectivity index (χ4n) is 1.87. The van der Waals surface area contributed by atoms with E-state index in [0.717, 1.165) is 0 Å². The average molecular weight is 323 g/mol. The first-order chi connectivity index (χ1) is 10.0. The van der Waals surface area contributed by atoms with Crippen molar-refractivity contribution in [3.05, 3.63) is 52.0 Å². The Kier molecular flexibility index (Phi) is 3.45. The second-order valence-electron chi connectivity index (χ2n) is 4.25. The minimum atomic E-state index is -1.10. The summed E-state index contributed by atoms with van der Waals surface area (Å²) >= 11 is 11.7. The monoisotopic (exact) mass is 322 g/mol. The van der Waals surface area contributed by atoms with Crippen LogP contribution in [0.4, 0.5) is 11.7 Å². The molecule has 3 aromatic rings. The maximum Gasteiger partial charge on any atom is 0.337 e. The number of nitrogens with one attached hydrogen (secondary N) is 1. The molecule has 3 rings (SSSR count). The van der Waals surface area contributed by atoms with Gasteiger partial charge in [0.15, 0.2) is 5.58 Å². The molecule has 0 saturated heterocycles. The summed E-state index contributed by atoms with van der Waals surface area (Å²) in [5.74, 6) is -1.10. The minimum absolute atomic E-state index is 0.0304. The summed E-state index contributed by atoms with van der Waals surface area (Å²) in [6.45, 7) is 0. The summed E-state index contributed by atoms with van der Waals surface area (Å²) in [4.78, 5) is 15.4. The average Bonchev–Trinajstić information content (AvgIpc) is 2.82. The van der Waals surface area contributed by atoms with Crippen LogP contribution in [0.25, 0.3) is 11.1 Å². The quantitative estimate of drug-likeness (QED) is 0.738. The maximum atomic E-state index is 11.2. The Bertz CT molecular complexity index is 845. The van der Waals surface area contributed by atoms with Crippen molar-refractivity contribution in [3.63, 3.8) is 0 Å². The van der Waals surface area contributed by atoms with Crippen molar-refractivity contribution >= 4 is 52.0 Å². The number of hydrogen-bond donors (Lipinski definition) is 2. The van der Waals surface area contributed by atoms with Crippen molar-refractivity contribution in [1.29, 1.82) is 0 Å². The highest BCUT2D eigenvalue weighted by Gasteiger charge is 2.13. The number of nitrogens with zero attached hydrogens (tertiary/aromatic N) is 1. The molecular formula is C14H8Cl2N2O3. The molecule has 5 nitrogen and oxygen atoms in total. The Morgan fingerprint density at radius 3 is 2.62 bits per heavy atom. The maximum absolute atomic E-state index is 11.2. The van der Waals surface area contributed by atoms with Gasteiger partial charge in [0.1, 0.15) is 5.52 Å². The van der Waals surface area contributed by atoms with Crippen molar-refractivity contribution in [2.45, 2.75) is 0 Å². The van der Waals surface area contributed by atoms with E-state index >= 15 is 0 Å². The molecule has 0 aliphatic rings. The molecular weight excluding hydrogens is 315 g/mol. The third-order valence-electron chi connectivity index (χ3n) is 2.80. The van der Waals surface area contributed by atoms with Gasteiger partial charge in [-0.1, -0.05) is 23.2 Å². The molecule has 0 fully saturated rings. The minimum Gasteiger partial charge on any atom is -0.478 e. The van der Waals surface area contributed by atoms with Gasteiger partial charge in [-0.05, 0) is 36.4 Å². The van der Waals surface area contributed by atoms with Gasteiger partial charge in [-0.25, -0.2) is 4.79 Å². The first kappa shape index (κ1) is 13.7. The zero-order chi connectivity index (χ0) is 15.0. The zero-order valence-electron chi connectivity index (χ0n) is 10.4. The second kappa shape index (κ2) is 5.27. The highest BCUT2D eigenvalue weighted by Crippen LogP contribution is 2.27. The zero-order valence-corrected chi connectivity index (χ0v) is 11.9. The number of benzene rings is 2. The highest BCUT2D eigenvalue weighted by molar-refractivity contribution is 6.31. The lowest BCUT2D eigenvalue weighted by molar-refractivity contribution is 0.0698. The van der Waals surface area contributed by atoms with Crippen LogP contribution in [-0.2, 0) is 0 Å². The van der Waals surface area contributed by atoms with Crippen molar-refractivity contribution in [3.8, 4) is 0 Å². The van der Waals surface area contributed by atoms with Crippen LogP contribution in [0, 0.1) is 0 Å². The van der Waals surface area contributed by atoms with E-state index in [1.807, 2.05) is 0 Å². The van der Waals surface area contributed by atoms with Gasteiger partial charge in [0.05, 0.1) is 11.3 Å². The van der Waals surface area contributed by atoms with Gasteiger partial charge in [-0.3, -0.25) is 0 Å². The van der Waals surface area contributed by atoms with E-state index in [1.54, 1.807) is 30.3 Å². The lowest BCUT2D eigenvalue weighted by Crippen LogP contribution is -2.02. The number of fused-ring (bicyclic) bond motifs is 1. The van der Waals surface area contributed by atoms with Gasteiger partial charge in [-0.2, -0.15) is 4.98 Å². The van der Waals surface area contributed by atoms with Crippen LogP contribution in [-0.4, -0.2) is 16.1 Å². The van der Waals surface area contributed by atoms with Gasteiger partial charge in [0, 0.05) is 10.0 Å². The summed E-state index contributed by atoms with van der Waals surface area (Å²) in [7, 11) is 0. The summed E-state index contributed by atoms with van der Waals surface area (Å²) in [6, 6.07) is 9.69. The van der Waals surface area contributed by atoms with Gasteiger partial charge in [0.25, 0.3) is 6.01 Å². The summed E-state index contributed by atoms with van der Waals surface area (Å²) in [6.07, 6.45) is 0. The molecule has 0 saturated carbocycles. The number of aromatic nitrogens is 1. The van der Waals surface area contributed by atoms with E-state index in [2.05, 4.69) is 10.3 Å². The van der Waals surface area contributed by atoms with E-state index in [9.17, 15) is 9.90 Å². The third kappa shape index (κ3) is 2.79. The molecule has 1 aromatic heterocycles. The number of carboxylic acid groups (broad SMARTS) is 1. The predicted molar refractivity (Wildman–Crippen MR) is 80.7 cm³/mol. The molecule has 2 N–H and O–H groups in total. The Balaban J connectivity index is 2.00. The van der Waals surface area contributed by atoms with E-state index in [1.165, 1.54) is 6.07 Å². The van der Waals surface area contributed by atoms with Crippen LogP contribution in [0.2, 0.25) is 10.0 Å². The smallest absolute Gasteiger partial charge is 0.337 e. The van der Waals surface area contributed by atoms with Crippen molar-refractivity contribution < 1.29 is 14.3 Å². The van der Waals surface area contributed by atoms with E-state index in [4.69, 9.17) is 27.6 Å². The lowest BCUT2D eigenvalue weighted by Gasteiger charge is -2.06. The molecule has 0 radical (unpaired) electrons. The Hall–Kier alpha value is -2.24. The Labute approximate surface area is 129 Å². The lowest BCUT2D eigenvalue weighted by atomic mass is 10.2. The number of oxazole rings is 1. The molecule has 106 valence electrons. The van der Waals surface area contributed by atoms with Crippen LogP contribution in [0.15, 0.2) is 40.8 Å². The first-order valence-corrected chi connectivity index (χ1v) is 6.64. The molecule has 2 aromatic carbocycles. The number of aromatic carboxylic acids is 1. The Morgan fingerprint density at radius 1 is 1.14 bits per heavy atom. The van der Waals surface area contributed by atoms with Crippen molar-refractivity contribution in [1.82, 2.24) is 4.98 Å². The highest BCUT2D eigenvalue weighted by atomic mass is 35.5. The van der Waals surface area contributed by atoms with Crippen LogP contribution in [0.3, 0.4) is 0 Å². The summed E-state index contributed by atoms with van der Waals surface area (Å²) in [5, 5.41) is 12.9. The number of carbonyl (C=O) groups is 1. The van der Waals surface area contributed by atoms with Crippen molar-refractivity contribution in [2.24, 2.45) is 0 Å². The number of halogens is 2. The fraction of sp³-hybridized carbons (Fsp3) is 0. The number of carboxylic acids is 1. The summed E-state index contributed by atoms with van der Waals surface area (Å²) < 4.78 is 5.49. The Morgan fingerprint density at radius 2 is 1.86 bits per heavy atom. The molecule has 0 unspecified atom stereocenters. The molecule has 0 spiro atoms. The number of rotatable bonds is 3. The third-order valence-corrected chi connectivity index (χ3v) is 3.27. The second-order valence-corrected chi connectivity index (χ2v) is 5.12. The predicted octanol–water partition coefficient (Wildman–Crippen LogP) is 4.58. The molecule has 21 heavy (non-hydrogen) atoms. The summed E-state index contributed by atoms with van der Waals surface area (Å²) in [5.41, 5.74) is 1.50. The normalized spacial score (nSPS) is 10.8. The van der Waals surface area contributed by atoms with Crippen molar-refractivity contribution in [2.75, 3.05) is 5.32 Å². The van der Waals surface area contributed by atoms with Crippen LogP contribution in [0.5, 0.6) is 0 Å². The largest absolute Gasteiger partial charge is 0.478 e. The van der Waals surface area contributed by atoms with E-state index in [0.29, 0.717) is 26.8 Å². The van der Waals surface area contributed by atoms with E-state index in [-0.39, 0.29) is 11.6 Å². The van der Waals surface area contributed by atoms with Gasteiger partial charge < -0.3 is 14.8 Å². The molecule has 0 aliphatic carbocycles. The standard InChI is InChI=1S/C14H8Cl2N2O3/c15-7-1-3-10(9(5-7)13(19)20)17-14-18-11-6-8(16)2-4-12(11)21-14/h1-6H,(H,17,18)(H,19,20). The van der Waals surface area contributed by atoms with Crippen LogP contribution >= 0.6 is 23.2 Å². The van der Waals surface area contributed by atoms with Gasteiger partial charge in [0.2, 0.25) is 0 Å². The molecule has 0 amide bonds. The first-order valence-electron chi connectivity index (χ1n) is 5.89. The van der Waals surface area contributed by atoms with Gasteiger partial charge >= 0.3 is 5.97 Å². The SMILES string of the molecule is O=C(O)c1cc(Cl)ccc1Nc1nc2cc(Cl)ccc2o1. The number of anilines is 2. The molecule has 0 bridgehead atoms. The van der Waals surface area contributed by atoms with Crippen LogP contribution < -0.4 is 5.32 Å². The fourth-order valence-corrected chi connectivity index (χ4v) is 2.21. The van der Waals surface area contributed by atoms with Gasteiger partial charge in [-0.15, -0.1) is 0 Å².